The van der Waals surface area contributed by atoms with Crippen molar-refractivity contribution in [2.24, 2.45) is 0 Å². The third-order valence-electron chi connectivity index (χ3n) is 1.69. The minimum Gasteiger partial charge on any atom is -0.462 e. The lowest BCUT2D eigenvalue weighted by molar-refractivity contribution is -0.141. The Morgan fingerprint density at radius 3 is 2.58 bits per heavy atom. The van der Waals surface area contributed by atoms with E-state index in [1.165, 1.54) is 0 Å². The van der Waals surface area contributed by atoms with E-state index in [0.29, 0.717) is 6.61 Å². The normalized spacial score (nSPS) is 22.6. The molecule has 0 spiro atoms. The summed E-state index contributed by atoms with van der Waals surface area (Å²) >= 11 is 0. The molecular formula is C9H16O2Si. The molecule has 3 heteroatoms. The Labute approximate surface area is 74.6 Å². The molecule has 0 bridgehead atoms. The molecule has 1 aliphatic heterocycles. The Balaban J connectivity index is 2.72. The van der Waals surface area contributed by atoms with Crippen LogP contribution in [0.15, 0.2) is 11.3 Å². The van der Waals surface area contributed by atoms with Gasteiger partial charge in [0, 0.05) is 5.57 Å². The fraction of sp³-hybridized carbons (Fsp3) is 0.667. The average Bonchev–Trinajstić information content (AvgIpc) is 1.91. The van der Waals surface area contributed by atoms with Crippen LogP contribution in [0.1, 0.15) is 12.8 Å². The Morgan fingerprint density at radius 2 is 2.08 bits per heavy atom. The first-order valence-electron chi connectivity index (χ1n) is 4.38. The van der Waals surface area contributed by atoms with Crippen LogP contribution >= 0.6 is 0 Å². The molecule has 0 aromatic heterocycles. The van der Waals surface area contributed by atoms with Gasteiger partial charge in [-0.25, -0.2) is 4.79 Å². The molecule has 0 aromatic carbocycles. The van der Waals surface area contributed by atoms with Gasteiger partial charge in [-0.3, -0.25) is 0 Å². The highest BCUT2D eigenvalue weighted by molar-refractivity contribution is 6.81. The van der Waals surface area contributed by atoms with Gasteiger partial charge in [0.15, 0.2) is 0 Å². The van der Waals surface area contributed by atoms with Crippen LogP contribution < -0.4 is 0 Å². The van der Waals surface area contributed by atoms with E-state index in [-0.39, 0.29) is 5.97 Å². The number of rotatable bonds is 1. The van der Waals surface area contributed by atoms with Gasteiger partial charge >= 0.3 is 5.97 Å². The molecule has 0 radical (unpaired) electrons. The summed E-state index contributed by atoms with van der Waals surface area (Å²) in [6.07, 6.45) is 1.89. The zero-order valence-electron chi connectivity index (χ0n) is 8.02. The maximum Gasteiger partial charge on any atom is 0.333 e. The molecule has 2 nitrogen and oxygen atoms in total. The number of ether oxygens (including phenoxy) is 1. The van der Waals surface area contributed by atoms with Gasteiger partial charge in [0.2, 0.25) is 0 Å². The Hall–Kier alpha value is -0.573. The summed E-state index contributed by atoms with van der Waals surface area (Å²) in [5.41, 5.74) is 3.05. The summed E-state index contributed by atoms with van der Waals surface area (Å²) in [7, 11) is -1.25. The molecular weight excluding hydrogens is 168 g/mol. The second kappa shape index (κ2) is 3.43. The van der Waals surface area contributed by atoms with Crippen molar-refractivity contribution in [1.29, 1.82) is 0 Å². The van der Waals surface area contributed by atoms with Gasteiger partial charge in [-0.05, 0) is 12.8 Å². The topological polar surface area (TPSA) is 26.3 Å². The molecule has 0 aromatic rings. The molecule has 1 aliphatic rings. The lowest BCUT2D eigenvalue weighted by atomic mass is 10.1. The lowest BCUT2D eigenvalue weighted by Gasteiger charge is -2.17. The van der Waals surface area contributed by atoms with Crippen molar-refractivity contribution in [3.8, 4) is 0 Å². The van der Waals surface area contributed by atoms with Crippen molar-refractivity contribution < 1.29 is 9.53 Å². The van der Waals surface area contributed by atoms with Gasteiger partial charge in [-0.1, -0.05) is 25.3 Å². The first-order valence-corrected chi connectivity index (χ1v) is 7.96. The zero-order chi connectivity index (χ0) is 9.19. The number of carbonyl (C=O) groups excluding carboxylic acids is 1. The predicted molar refractivity (Wildman–Crippen MR) is 51.6 cm³/mol. The molecule has 0 atom stereocenters. The number of esters is 1. The minimum atomic E-state index is -1.25. The SMILES string of the molecule is C[Si](C)(C)C=C1CCCOC1=O. The molecule has 0 aliphatic carbocycles. The number of cyclic esters (lactones) is 1. The smallest absolute Gasteiger partial charge is 0.333 e. The largest absolute Gasteiger partial charge is 0.462 e. The van der Waals surface area contributed by atoms with E-state index in [4.69, 9.17) is 4.74 Å². The van der Waals surface area contributed by atoms with Gasteiger partial charge in [0.1, 0.15) is 0 Å². The third-order valence-corrected chi connectivity index (χ3v) is 2.91. The summed E-state index contributed by atoms with van der Waals surface area (Å²) in [4.78, 5) is 11.2. The van der Waals surface area contributed by atoms with Crippen LogP contribution in [0.2, 0.25) is 19.6 Å². The fourth-order valence-electron chi connectivity index (χ4n) is 1.28. The molecule has 0 N–H and O–H groups in total. The van der Waals surface area contributed by atoms with Gasteiger partial charge in [0.05, 0.1) is 14.7 Å². The Kier molecular flexibility index (Phi) is 2.72. The highest BCUT2D eigenvalue weighted by Gasteiger charge is 2.19. The Bertz CT molecular complexity index is 213. The monoisotopic (exact) mass is 184 g/mol. The van der Waals surface area contributed by atoms with Crippen molar-refractivity contribution >= 4 is 14.0 Å². The fourth-order valence-corrected chi connectivity index (χ4v) is 2.58. The lowest BCUT2D eigenvalue weighted by Crippen LogP contribution is -2.22. The van der Waals surface area contributed by atoms with E-state index >= 15 is 0 Å². The summed E-state index contributed by atoms with van der Waals surface area (Å²) in [5.74, 6) is -0.0938. The quantitative estimate of drug-likeness (QED) is 0.354. The highest BCUT2D eigenvalue weighted by atomic mass is 28.3. The summed E-state index contributed by atoms with van der Waals surface area (Å²) in [5, 5.41) is 0. The summed E-state index contributed by atoms with van der Waals surface area (Å²) < 4.78 is 4.95. The highest BCUT2D eigenvalue weighted by Crippen LogP contribution is 2.17. The summed E-state index contributed by atoms with van der Waals surface area (Å²) in [6.45, 7) is 7.27. The molecule has 1 fully saturated rings. The van der Waals surface area contributed by atoms with Crippen LogP contribution in [0.25, 0.3) is 0 Å². The number of hydrogen-bond donors (Lipinski definition) is 0. The molecule has 0 amide bonds. The van der Waals surface area contributed by atoms with Crippen molar-refractivity contribution in [2.75, 3.05) is 6.61 Å². The molecule has 68 valence electrons. The van der Waals surface area contributed by atoms with Crippen LogP contribution in [0.3, 0.4) is 0 Å². The first kappa shape index (κ1) is 9.51. The molecule has 1 rings (SSSR count). The minimum absolute atomic E-state index is 0.0938. The average molecular weight is 184 g/mol. The van der Waals surface area contributed by atoms with Crippen LogP contribution in [0, 0.1) is 0 Å². The molecule has 12 heavy (non-hydrogen) atoms. The van der Waals surface area contributed by atoms with Crippen molar-refractivity contribution in [3.05, 3.63) is 11.3 Å². The maximum atomic E-state index is 11.2. The van der Waals surface area contributed by atoms with Gasteiger partial charge in [-0.2, -0.15) is 0 Å². The van der Waals surface area contributed by atoms with E-state index < -0.39 is 8.07 Å². The van der Waals surface area contributed by atoms with E-state index in [1.807, 2.05) is 0 Å². The number of hydrogen-bond acceptors (Lipinski definition) is 2. The number of carbonyl (C=O) groups is 1. The van der Waals surface area contributed by atoms with E-state index in [1.54, 1.807) is 0 Å². The van der Waals surface area contributed by atoms with Crippen molar-refractivity contribution in [1.82, 2.24) is 0 Å². The predicted octanol–water partition coefficient (Wildman–Crippen LogP) is 2.13. The molecule has 0 unspecified atom stereocenters. The van der Waals surface area contributed by atoms with Crippen LogP contribution in [-0.4, -0.2) is 20.7 Å². The molecule has 0 saturated carbocycles. The third kappa shape index (κ3) is 2.81. The van der Waals surface area contributed by atoms with Crippen molar-refractivity contribution in [3.63, 3.8) is 0 Å². The second-order valence-corrected chi connectivity index (χ2v) is 9.30. The van der Waals surface area contributed by atoms with Crippen LogP contribution in [0.5, 0.6) is 0 Å². The second-order valence-electron chi connectivity index (χ2n) is 4.28. The molecule has 1 heterocycles. The molecule has 1 saturated heterocycles. The van der Waals surface area contributed by atoms with Gasteiger partial charge < -0.3 is 4.74 Å². The summed E-state index contributed by atoms with van der Waals surface area (Å²) in [6, 6.07) is 0. The first-order chi connectivity index (χ1) is 5.49. The zero-order valence-corrected chi connectivity index (χ0v) is 9.02. The van der Waals surface area contributed by atoms with E-state index in [2.05, 4.69) is 25.3 Å². The van der Waals surface area contributed by atoms with E-state index in [0.717, 1.165) is 18.4 Å². The van der Waals surface area contributed by atoms with E-state index in [9.17, 15) is 4.79 Å². The standard InChI is InChI=1S/C9H16O2Si/c1-12(2,3)7-8-5-4-6-11-9(8)10/h7H,4-6H2,1-3H3. The van der Waals surface area contributed by atoms with Gasteiger partial charge in [0.25, 0.3) is 0 Å². The Morgan fingerprint density at radius 1 is 1.42 bits per heavy atom. The van der Waals surface area contributed by atoms with Gasteiger partial charge in [-0.15, -0.1) is 0 Å². The van der Waals surface area contributed by atoms with Crippen LogP contribution in [-0.2, 0) is 9.53 Å². The maximum absolute atomic E-state index is 11.2. The van der Waals surface area contributed by atoms with Crippen LogP contribution in [0.4, 0.5) is 0 Å². The van der Waals surface area contributed by atoms with Crippen molar-refractivity contribution in [2.45, 2.75) is 32.5 Å².